The molecule has 1 heterocycles. The van der Waals surface area contributed by atoms with Crippen LogP contribution < -0.4 is 15.4 Å². The fourth-order valence-electron chi connectivity index (χ4n) is 3.46. The number of hydrogen-bond acceptors (Lipinski definition) is 4. The highest BCUT2D eigenvalue weighted by Gasteiger charge is 2.08. The Kier molecular flexibility index (Phi) is 10.8. The van der Waals surface area contributed by atoms with Crippen LogP contribution in [0, 0.1) is 13.8 Å². The summed E-state index contributed by atoms with van der Waals surface area (Å²) >= 11 is 0. The number of para-hydroxylation sites is 2. The number of imidazole rings is 1. The molecule has 2 aromatic carbocycles. The summed E-state index contributed by atoms with van der Waals surface area (Å²) in [5.74, 6) is 2.64. The lowest BCUT2D eigenvalue weighted by Gasteiger charge is -2.16. The van der Waals surface area contributed by atoms with E-state index < -0.39 is 0 Å². The van der Waals surface area contributed by atoms with Crippen LogP contribution in [0.4, 0.5) is 0 Å². The Bertz CT molecular complexity index is 1020. The number of halogens is 1. The summed E-state index contributed by atoms with van der Waals surface area (Å²) in [6.45, 7) is 10.1. The van der Waals surface area contributed by atoms with Crippen molar-refractivity contribution in [2.24, 2.45) is 4.99 Å². The standard InChI is InChI=1S/C24H33N5O2.HI/c1-5-30-14-15-31-23-16-18(2)10-11-20(23)17-27-24(25-4)26-12-13-29-19(3)28-21-8-6-7-9-22(21)29;/h6-11,16H,5,12-15,17H2,1-4H3,(H2,25,26,27);1H. The van der Waals surface area contributed by atoms with Gasteiger partial charge < -0.3 is 24.7 Å². The topological polar surface area (TPSA) is 72.7 Å². The predicted molar refractivity (Wildman–Crippen MR) is 141 cm³/mol. The van der Waals surface area contributed by atoms with Crippen LogP contribution in [0.5, 0.6) is 5.75 Å². The molecule has 2 N–H and O–H groups in total. The molecule has 0 radical (unpaired) electrons. The first-order valence-electron chi connectivity index (χ1n) is 10.8. The van der Waals surface area contributed by atoms with E-state index in [0.717, 1.165) is 47.2 Å². The van der Waals surface area contributed by atoms with Gasteiger partial charge in [0.15, 0.2) is 5.96 Å². The zero-order valence-electron chi connectivity index (χ0n) is 19.4. The number of aromatic nitrogens is 2. The quantitative estimate of drug-likeness (QED) is 0.172. The van der Waals surface area contributed by atoms with E-state index in [-0.39, 0.29) is 24.0 Å². The van der Waals surface area contributed by atoms with Crippen LogP contribution in [0.3, 0.4) is 0 Å². The Morgan fingerprint density at radius 3 is 2.69 bits per heavy atom. The minimum absolute atomic E-state index is 0. The largest absolute Gasteiger partial charge is 0.491 e. The van der Waals surface area contributed by atoms with Crippen LogP contribution in [-0.2, 0) is 17.8 Å². The molecular formula is C24H34IN5O2. The van der Waals surface area contributed by atoms with E-state index >= 15 is 0 Å². The summed E-state index contributed by atoms with van der Waals surface area (Å²) in [7, 11) is 1.78. The van der Waals surface area contributed by atoms with E-state index in [1.165, 1.54) is 5.56 Å². The lowest BCUT2D eigenvalue weighted by molar-refractivity contribution is 0.110. The number of ether oxygens (including phenoxy) is 2. The molecule has 8 heteroatoms. The fourth-order valence-corrected chi connectivity index (χ4v) is 3.46. The monoisotopic (exact) mass is 551 g/mol. The van der Waals surface area contributed by atoms with E-state index in [9.17, 15) is 0 Å². The number of aryl methyl sites for hydroxylation is 2. The van der Waals surface area contributed by atoms with E-state index in [0.29, 0.717) is 26.4 Å². The summed E-state index contributed by atoms with van der Waals surface area (Å²) in [4.78, 5) is 8.98. The molecule has 0 saturated heterocycles. The van der Waals surface area contributed by atoms with Gasteiger partial charge in [0.25, 0.3) is 0 Å². The van der Waals surface area contributed by atoms with Gasteiger partial charge in [-0.05, 0) is 44.5 Å². The molecule has 0 aliphatic carbocycles. The van der Waals surface area contributed by atoms with Crippen molar-refractivity contribution >= 4 is 41.0 Å². The Hall–Kier alpha value is -2.33. The molecule has 0 atom stereocenters. The number of guanidine groups is 1. The molecule has 1 aromatic heterocycles. The Labute approximate surface area is 207 Å². The zero-order chi connectivity index (χ0) is 22.1. The number of rotatable bonds is 10. The van der Waals surface area contributed by atoms with Gasteiger partial charge in [0.2, 0.25) is 0 Å². The van der Waals surface area contributed by atoms with Crippen molar-refractivity contribution in [2.75, 3.05) is 33.4 Å². The molecule has 0 bridgehead atoms. The molecule has 0 spiro atoms. The molecule has 3 aromatic rings. The average molecular weight is 551 g/mol. The van der Waals surface area contributed by atoms with Gasteiger partial charge in [-0.15, -0.1) is 24.0 Å². The third kappa shape index (κ3) is 7.09. The van der Waals surface area contributed by atoms with Crippen molar-refractivity contribution < 1.29 is 9.47 Å². The predicted octanol–water partition coefficient (Wildman–Crippen LogP) is 4.05. The van der Waals surface area contributed by atoms with Gasteiger partial charge in [0.1, 0.15) is 18.2 Å². The van der Waals surface area contributed by atoms with Crippen LogP contribution in [0.1, 0.15) is 23.9 Å². The SMILES string of the molecule is CCOCCOc1cc(C)ccc1CNC(=NC)NCCn1c(C)nc2ccccc21.I. The number of nitrogens with zero attached hydrogens (tertiary/aromatic N) is 3. The summed E-state index contributed by atoms with van der Waals surface area (Å²) in [5, 5.41) is 6.77. The molecule has 3 rings (SSSR count). The van der Waals surface area contributed by atoms with Gasteiger partial charge in [-0.2, -0.15) is 0 Å². The highest BCUT2D eigenvalue weighted by Crippen LogP contribution is 2.20. The lowest BCUT2D eigenvalue weighted by Crippen LogP contribution is -2.38. The van der Waals surface area contributed by atoms with Crippen molar-refractivity contribution in [3.8, 4) is 5.75 Å². The zero-order valence-corrected chi connectivity index (χ0v) is 21.7. The molecule has 0 aliphatic rings. The number of hydrogen-bond donors (Lipinski definition) is 2. The Morgan fingerprint density at radius 1 is 1.09 bits per heavy atom. The molecule has 32 heavy (non-hydrogen) atoms. The minimum atomic E-state index is 0. The highest BCUT2D eigenvalue weighted by atomic mass is 127. The van der Waals surface area contributed by atoms with Crippen molar-refractivity contribution in [2.45, 2.75) is 33.9 Å². The lowest BCUT2D eigenvalue weighted by atomic mass is 10.1. The first-order chi connectivity index (χ1) is 15.1. The summed E-state index contributed by atoms with van der Waals surface area (Å²) in [6.07, 6.45) is 0. The second-order valence-electron chi connectivity index (χ2n) is 7.31. The van der Waals surface area contributed by atoms with E-state index in [1.54, 1.807) is 7.05 Å². The van der Waals surface area contributed by atoms with Crippen LogP contribution in [0.25, 0.3) is 11.0 Å². The number of nitrogens with one attached hydrogen (secondary N) is 2. The molecule has 0 unspecified atom stereocenters. The minimum Gasteiger partial charge on any atom is -0.491 e. The van der Waals surface area contributed by atoms with Crippen LogP contribution in [-0.4, -0.2) is 48.9 Å². The maximum atomic E-state index is 5.93. The van der Waals surface area contributed by atoms with Crippen LogP contribution in [0.15, 0.2) is 47.5 Å². The van der Waals surface area contributed by atoms with Crippen molar-refractivity contribution in [1.82, 2.24) is 20.2 Å². The van der Waals surface area contributed by atoms with Gasteiger partial charge in [-0.3, -0.25) is 4.99 Å². The molecule has 174 valence electrons. The third-order valence-electron chi connectivity index (χ3n) is 5.06. The summed E-state index contributed by atoms with van der Waals surface area (Å²) in [5.41, 5.74) is 4.43. The number of aliphatic imine (C=N–C) groups is 1. The molecule has 0 fully saturated rings. The maximum Gasteiger partial charge on any atom is 0.191 e. The normalized spacial score (nSPS) is 11.3. The van der Waals surface area contributed by atoms with Crippen LogP contribution in [0.2, 0.25) is 0 Å². The van der Waals surface area contributed by atoms with Crippen LogP contribution >= 0.6 is 24.0 Å². The van der Waals surface area contributed by atoms with Gasteiger partial charge >= 0.3 is 0 Å². The average Bonchev–Trinajstić information content (AvgIpc) is 3.09. The first kappa shape index (κ1) is 25.9. The highest BCUT2D eigenvalue weighted by molar-refractivity contribution is 14.0. The second kappa shape index (κ2) is 13.3. The fraction of sp³-hybridized carbons (Fsp3) is 0.417. The summed E-state index contributed by atoms with van der Waals surface area (Å²) in [6, 6.07) is 14.5. The van der Waals surface area contributed by atoms with Crippen molar-refractivity contribution in [3.63, 3.8) is 0 Å². The van der Waals surface area contributed by atoms with Gasteiger partial charge in [-0.25, -0.2) is 4.98 Å². The molecular weight excluding hydrogens is 517 g/mol. The molecule has 0 amide bonds. The number of fused-ring (bicyclic) bond motifs is 1. The molecule has 0 saturated carbocycles. The van der Waals surface area contributed by atoms with E-state index in [2.05, 4.69) is 56.4 Å². The maximum absolute atomic E-state index is 5.93. The van der Waals surface area contributed by atoms with Gasteiger partial charge in [-0.1, -0.05) is 24.3 Å². The first-order valence-corrected chi connectivity index (χ1v) is 10.8. The number of benzene rings is 2. The van der Waals surface area contributed by atoms with Crippen molar-refractivity contribution in [3.05, 3.63) is 59.4 Å². The second-order valence-corrected chi connectivity index (χ2v) is 7.31. The Balaban J connectivity index is 0.00000363. The third-order valence-corrected chi connectivity index (χ3v) is 5.06. The summed E-state index contributed by atoms with van der Waals surface area (Å²) < 4.78 is 13.5. The van der Waals surface area contributed by atoms with Gasteiger partial charge in [0.05, 0.1) is 17.6 Å². The van der Waals surface area contributed by atoms with E-state index in [4.69, 9.17) is 9.47 Å². The molecule has 0 aliphatic heterocycles. The smallest absolute Gasteiger partial charge is 0.191 e. The van der Waals surface area contributed by atoms with E-state index in [1.807, 2.05) is 32.0 Å². The molecule has 7 nitrogen and oxygen atoms in total. The van der Waals surface area contributed by atoms with Crippen molar-refractivity contribution in [1.29, 1.82) is 0 Å². The Morgan fingerprint density at radius 2 is 1.91 bits per heavy atom. The van der Waals surface area contributed by atoms with Gasteiger partial charge in [0, 0.05) is 38.9 Å².